The van der Waals surface area contributed by atoms with Gasteiger partial charge in [0.2, 0.25) is 21.8 Å². The van der Waals surface area contributed by atoms with Crippen molar-refractivity contribution < 1.29 is 18.0 Å². The Morgan fingerprint density at radius 2 is 1.65 bits per heavy atom. The summed E-state index contributed by atoms with van der Waals surface area (Å²) in [5.74, 6) is -0.324. The number of benzene rings is 2. The number of hydrogen-bond donors (Lipinski definition) is 1. The fourth-order valence-electron chi connectivity index (χ4n) is 4.82. The molecule has 0 atom stereocenters. The molecule has 4 rings (SSSR count). The highest BCUT2D eigenvalue weighted by atomic mass is 32.2. The van der Waals surface area contributed by atoms with Crippen molar-refractivity contribution in [3.63, 3.8) is 0 Å². The monoisotopic (exact) mass is 484 g/mol. The number of anilines is 1. The molecule has 0 unspecified atom stereocenters. The van der Waals surface area contributed by atoms with E-state index in [1.165, 1.54) is 4.31 Å². The number of hydrogen-bond acceptors (Lipinski definition) is 5. The number of rotatable bonds is 6. The minimum atomic E-state index is -3.64. The van der Waals surface area contributed by atoms with Crippen LogP contribution in [0.25, 0.3) is 0 Å². The largest absolute Gasteiger partial charge is 0.352 e. The Kier molecular flexibility index (Phi) is 6.69. The molecule has 8 nitrogen and oxygen atoms in total. The number of aryl methyl sites for hydroxylation is 1. The minimum Gasteiger partial charge on any atom is -0.352 e. The van der Waals surface area contributed by atoms with E-state index in [1.54, 1.807) is 29.2 Å². The normalized spacial score (nSPS) is 18.6. The van der Waals surface area contributed by atoms with E-state index in [0.29, 0.717) is 19.5 Å². The van der Waals surface area contributed by atoms with Gasteiger partial charge >= 0.3 is 0 Å². The fourth-order valence-corrected chi connectivity index (χ4v) is 6.26. The predicted molar refractivity (Wildman–Crippen MR) is 131 cm³/mol. The van der Waals surface area contributed by atoms with Crippen LogP contribution < -0.4 is 10.2 Å². The fraction of sp³-hybridized carbons (Fsp3) is 0.440. The van der Waals surface area contributed by atoms with Crippen LogP contribution in [0.2, 0.25) is 0 Å². The van der Waals surface area contributed by atoms with E-state index in [0.717, 1.165) is 11.3 Å². The highest BCUT2D eigenvalue weighted by Crippen LogP contribution is 2.40. The van der Waals surface area contributed by atoms with E-state index in [4.69, 9.17) is 0 Å². The lowest BCUT2D eigenvalue weighted by Crippen LogP contribution is -2.57. The van der Waals surface area contributed by atoms with Gasteiger partial charge in [-0.15, -0.1) is 0 Å². The molecule has 9 heteroatoms. The van der Waals surface area contributed by atoms with Crippen LogP contribution in [0.4, 0.5) is 5.69 Å². The van der Waals surface area contributed by atoms with Crippen molar-refractivity contribution in [2.75, 3.05) is 31.2 Å². The summed E-state index contributed by atoms with van der Waals surface area (Å²) < 4.78 is 27.9. The summed E-state index contributed by atoms with van der Waals surface area (Å²) in [4.78, 5) is 30.0. The van der Waals surface area contributed by atoms with Gasteiger partial charge in [0.05, 0.1) is 11.6 Å². The van der Waals surface area contributed by atoms with Gasteiger partial charge in [-0.1, -0.05) is 35.9 Å². The van der Waals surface area contributed by atoms with Crippen molar-refractivity contribution in [2.24, 2.45) is 0 Å². The van der Waals surface area contributed by atoms with Crippen molar-refractivity contribution in [2.45, 2.75) is 50.1 Å². The second-order valence-corrected chi connectivity index (χ2v) is 11.3. The summed E-state index contributed by atoms with van der Waals surface area (Å²) in [5, 5.41) is 2.85. The molecule has 0 aliphatic carbocycles. The summed E-state index contributed by atoms with van der Waals surface area (Å²) in [6, 6.07) is 16.5. The van der Waals surface area contributed by atoms with Crippen molar-refractivity contribution in [3.8, 4) is 0 Å². The van der Waals surface area contributed by atoms with Gasteiger partial charge in [-0.3, -0.25) is 9.59 Å². The molecule has 2 aliphatic rings. The van der Waals surface area contributed by atoms with Gasteiger partial charge in [-0.2, -0.15) is 4.31 Å². The molecule has 1 spiro atoms. The van der Waals surface area contributed by atoms with Crippen LogP contribution in [0.3, 0.4) is 0 Å². The van der Waals surface area contributed by atoms with Crippen LogP contribution in [0.1, 0.15) is 32.3 Å². The van der Waals surface area contributed by atoms with Gasteiger partial charge in [-0.05, 0) is 57.9 Å². The molecule has 2 fully saturated rings. The van der Waals surface area contributed by atoms with E-state index in [1.807, 2.05) is 56.0 Å². The highest BCUT2D eigenvalue weighted by molar-refractivity contribution is 7.89. The van der Waals surface area contributed by atoms with Gasteiger partial charge < -0.3 is 15.1 Å². The van der Waals surface area contributed by atoms with Crippen LogP contribution >= 0.6 is 0 Å². The molecular weight excluding hydrogens is 452 g/mol. The maximum absolute atomic E-state index is 13.7. The average molecular weight is 485 g/mol. The van der Waals surface area contributed by atoms with Crippen molar-refractivity contribution >= 4 is 27.5 Å². The molecule has 2 heterocycles. The maximum Gasteiger partial charge on any atom is 0.250 e. The van der Waals surface area contributed by atoms with Gasteiger partial charge in [0.15, 0.2) is 0 Å². The maximum atomic E-state index is 13.7. The number of carbonyl (C=O) groups excluding carboxylic acids is 2. The van der Waals surface area contributed by atoms with E-state index in [9.17, 15) is 18.0 Å². The topological polar surface area (TPSA) is 90.0 Å². The quantitative estimate of drug-likeness (QED) is 0.680. The zero-order valence-electron chi connectivity index (χ0n) is 19.9. The molecule has 1 N–H and O–H groups in total. The van der Waals surface area contributed by atoms with Gasteiger partial charge in [-0.25, -0.2) is 8.42 Å². The first-order chi connectivity index (χ1) is 16.1. The SMILES string of the molecule is Cc1ccc(S(=O)(=O)N2CCC3(CC2)C(=O)N(CC(=O)NC(C)C)CN3c2ccccc2)cc1. The molecule has 2 aromatic rings. The minimum absolute atomic E-state index is 0.0142. The summed E-state index contributed by atoms with van der Waals surface area (Å²) in [7, 11) is -3.64. The molecule has 0 bridgehead atoms. The molecule has 34 heavy (non-hydrogen) atoms. The lowest BCUT2D eigenvalue weighted by Gasteiger charge is -2.42. The smallest absolute Gasteiger partial charge is 0.250 e. The Labute approximate surface area is 201 Å². The molecule has 0 aromatic heterocycles. The molecule has 2 aliphatic heterocycles. The van der Waals surface area contributed by atoms with Gasteiger partial charge in [0.25, 0.3) is 0 Å². The number of piperidine rings is 1. The number of sulfonamides is 1. The van der Waals surface area contributed by atoms with E-state index < -0.39 is 15.6 Å². The molecule has 2 aromatic carbocycles. The lowest BCUT2D eigenvalue weighted by atomic mass is 9.86. The van der Waals surface area contributed by atoms with Crippen molar-refractivity contribution in [3.05, 3.63) is 60.2 Å². The Balaban J connectivity index is 1.58. The van der Waals surface area contributed by atoms with Gasteiger partial charge in [0.1, 0.15) is 12.1 Å². The summed E-state index contributed by atoms with van der Waals surface area (Å²) in [5.41, 5.74) is 1.00. The second-order valence-electron chi connectivity index (χ2n) is 9.38. The summed E-state index contributed by atoms with van der Waals surface area (Å²) >= 11 is 0. The molecular formula is C25H32N4O4S. The average Bonchev–Trinajstić information content (AvgIpc) is 3.06. The molecule has 182 valence electrons. The van der Waals surface area contributed by atoms with Gasteiger partial charge in [0, 0.05) is 24.8 Å². The van der Waals surface area contributed by atoms with E-state index in [-0.39, 0.29) is 42.4 Å². The molecule has 2 saturated heterocycles. The van der Waals surface area contributed by atoms with Crippen LogP contribution in [0.15, 0.2) is 59.5 Å². The number of carbonyl (C=O) groups is 2. The van der Waals surface area contributed by atoms with Crippen LogP contribution in [0, 0.1) is 6.92 Å². The Morgan fingerprint density at radius 3 is 2.24 bits per heavy atom. The van der Waals surface area contributed by atoms with Crippen LogP contribution in [0.5, 0.6) is 0 Å². The van der Waals surface area contributed by atoms with E-state index >= 15 is 0 Å². The Hall–Kier alpha value is -2.91. The van der Waals surface area contributed by atoms with Crippen LogP contribution in [-0.2, 0) is 19.6 Å². The van der Waals surface area contributed by atoms with E-state index in [2.05, 4.69) is 5.32 Å². The molecule has 0 radical (unpaired) electrons. The molecule has 2 amide bonds. The first kappa shape index (κ1) is 24.2. The number of nitrogens with one attached hydrogen (secondary N) is 1. The third kappa shape index (κ3) is 4.54. The van der Waals surface area contributed by atoms with Crippen LogP contribution in [-0.4, -0.2) is 67.3 Å². The lowest BCUT2D eigenvalue weighted by molar-refractivity contribution is -0.137. The number of para-hydroxylation sites is 1. The predicted octanol–water partition coefficient (Wildman–Crippen LogP) is 2.35. The zero-order chi connectivity index (χ0) is 24.5. The summed E-state index contributed by atoms with van der Waals surface area (Å²) in [6.45, 7) is 6.41. The number of nitrogens with zero attached hydrogens (tertiary/aromatic N) is 3. The highest BCUT2D eigenvalue weighted by Gasteiger charge is 2.55. The first-order valence-electron chi connectivity index (χ1n) is 11.6. The standard InChI is InChI=1S/C25H32N4O4S/c1-19(2)26-23(30)17-27-18-29(21-7-5-4-6-8-21)25(24(27)31)13-15-28(16-14-25)34(32,33)22-11-9-20(3)10-12-22/h4-12,19H,13-18H2,1-3H3,(H,26,30). The summed E-state index contributed by atoms with van der Waals surface area (Å²) in [6.07, 6.45) is 0.711. The Bertz CT molecular complexity index is 1140. The molecule has 0 saturated carbocycles. The second kappa shape index (κ2) is 9.38. The zero-order valence-corrected chi connectivity index (χ0v) is 20.7. The Morgan fingerprint density at radius 1 is 1.03 bits per heavy atom. The first-order valence-corrected chi connectivity index (χ1v) is 13.1. The number of amides is 2. The van der Waals surface area contributed by atoms with Crippen molar-refractivity contribution in [1.82, 2.24) is 14.5 Å². The third-order valence-electron chi connectivity index (χ3n) is 6.57. The third-order valence-corrected chi connectivity index (χ3v) is 8.49. The van der Waals surface area contributed by atoms with Crippen molar-refractivity contribution in [1.29, 1.82) is 0 Å².